The summed E-state index contributed by atoms with van der Waals surface area (Å²) < 4.78 is 7.97. The Morgan fingerprint density at radius 3 is 2.52 bits per heavy atom. The molecule has 3 aliphatic heterocycles. The minimum Gasteiger partial charge on any atom is -0.392 e. The second kappa shape index (κ2) is 12.8. The molecule has 0 saturated carbocycles. The number of hydrogen-bond acceptors (Lipinski definition) is 9. The van der Waals surface area contributed by atoms with Crippen molar-refractivity contribution in [1.82, 2.24) is 29.8 Å². The van der Waals surface area contributed by atoms with Crippen LogP contribution in [0.1, 0.15) is 44.7 Å². The molecule has 3 aliphatic rings. The van der Waals surface area contributed by atoms with Crippen LogP contribution in [-0.2, 0) is 23.8 Å². The number of dihydropyridines is 1. The van der Waals surface area contributed by atoms with Gasteiger partial charge in [-0.15, -0.1) is 0 Å². The zero-order valence-corrected chi connectivity index (χ0v) is 27.9. The molecule has 0 bridgehead atoms. The Balaban J connectivity index is 1.13. The third-order valence-electron chi connectivity index (χ3n) is 9.89. The van der Waals surface area contributed by atoms with Gasteiger partial charge in [0.15, 0.2) is 0 Å². The molecule has 1 unspecified atom stereocenters. The third-order valence-corrected chi connectivity index (χ3v) is 9.89. The number of nitrogens with one attached hydrogen (secondary N) is 2. The summed E-state index contributed by atoms with van der Waals surface area (Å²) in [5.41, 5.74) is 4.14. The summed E-state index contributed by atoms with van der Waals surface area (Å²) in [4.78, 5) is 29.4. The number of ether oxygens (including phenoxy) is 1. The summed E-state index contributed by atoms with van der Waals surface area (Å²) in [6.07, 6.45) is 9.89. The first-order valence-electron chi connectivity index (χ1n) is 16.7. The fourth-order valence-electron chi connectivity index (χ4n) is 6.85. The van der Waals surface area contributed by atoms with Crippen molar-refractivity contribution in [2.75, 3.05) is 31.6 Å². The zero-order valence-electron chi connectivity index (χ0n) is 27.9. The molecule has 250 valence electrons. The van der Waals surface area contributed by atoms with E-state index < -0.39 is 0 Å². The van der Waals surface area contributed by atoms with Gasteiger partial charge in [-0.25, -0.2) is 4.68 Å². The van der Waals surface area contributed by atoms with Crippen LogP contribution in [0.3, 0.4) is 0 Å². The van der Waals surface area contributed by atoms with Crippen molar-refractivity contribution in [3.8, 4) is 16.9 Å². The van der Waals surface area contributed by atoms with Crippen molar-refractivity contribution < 1.29 is 9.84 Å². The highest BCUT2D eigenvalue weighted by molar-refractivity contribution is 5.82. The van der Waals surface area contributed by atoms with E-state index in [9.17, 15) is 14.7 Å². The van der Waals surface area contributed by atoms with Gasteiger partial charge in [0.2, 0.25) is 0 Å². The average Bonchev–Trinajstić information content (AvgIpc) is 3.06. The number of anilines is 1. The Morgan fingerprint density at radius 1 is 1.06 bits per heavy atom. The van der Waals surface area contributed by atoms with E-state index in [0.29, 0.717) is 45.5 Å². The van der Waals surface area contributed by atoms with Gasteiger partial charge < -0.3 is 20.5 Å². The molecule has 4 aromatic rings. The molecule has 2 saturated heterocycles. The molecule has 1 atom stereocenters. The van der Waals surface area contributed by atoms with Crippen LogP contribution in [0.5, 0.6) is 0 Å². The molecule has 2 aromatic carbocycles. The molecule has 3 N–H and O–H groups in total. The molecule has 7 rings (SSSR count). The molecule has 0 amide bonds. The lowest BCUT2D eigenvalue weighted by atomic mass is 9.86. The van der Waals surface area contributed by atoms with Crippen molar-refractivity contribution in [3.63, 3.8) is 0 Å². The minimum atomic E-state index is -0.359. The van der Waals surface area contributed by atoms with Crippen molar-refractivity contribution in [1.29, 1.82) is 0 Å². The fourth-order valence-corrected chi connectivity index (χ4v) is 6.85. The van der Waals surface area contributed by atoms with E-state index in [1.54, 1.807) is 31.4 Å². The normalized spacial score (nSPS) is 19.2. The van der Waals surface area contributed by atoms with E-state index in [2.05, 4.69) is 58.8 Å². The zero-order chi connectivity index (χ0) is 33.6. The molecule has 2 aromatic heterocycles. The van der Waals surface area contributed by atoms with E-state index in [-0.39, 0.29) is 29.3 Å². The highest BCUT2D eigenvalue weighted by Gasteiger charge is 2.31. The Morgan fingerprint density at radius 2 is 1.85 bits per heavy atom. The lowest BCUT2D eigenvalue weighted by molar-refractivity contribution is -0.0724. The van der Waals surface area contributed by atoms with Crippen LogP contribution in [0, 0.1) is 5.92 Å². The molecule has 2 fully saturated rings. The molecule has 48 heavy (non-hydrogen) atoms. The summed E-state index contributed by atoms with van der Waals surface area (Å²) in [6.45, 7) is 9.90. The number of aliphatic hydroxyl groups is 1. The summed E-state index contributed by atoms with van der Waals surface area (Å²) in [7, 11) is 1.60. The molecule has 11 heteroatoms. The van der Waals surface area contributed by atoms with Gasteiger partial charge in [-0.2, -0.15) is 14.9 Å². The first-order valence-corrected chi connectivity index (χ1v) is 16.7. The van der Waals surface area contributed by atoms with E-state index in [0.717, 1.165) is 50.1 Å². The van der Waals surface area contributed by atoms with Gasteiger partial charge >= 0.3 is 0 Å². The van der Waals surface area contributed by atoms with Crippen LogP contribution in [0.2, 0.25) is 0 Å². The summed E-state index contributed by atoms with van der Waals surface area (Å²) in [5.74, 6) is 0.502. The van der Waals surface area contributed by atoms with Crippen molar-refractivity contribution in [2.24, 2.45) is 13.0 Å². The number of allylic oxidation sites excluding steroid dienone is 2. The van der Waals surface area contributed by atoms with Crippen molar-refractivity contribution >= 4 is 16.5 Å². The Kier molecular flexibility index (Phi) is 8.53. The maximum absolute atomic E-state index is 13.7. The van der Waals surface area contributed by atoms with E-state index in [1.807, 2.05) is 30.3 Å². The molecule has 0 aliphatic carbocycles. The lowest BCUT2D eigenvalue weighted by Crippen LogP contribution is -2.52. The fraction of sp³-hybridized carbons (Fsp3) is 0.405. The molecule has 0 radical (unpaired) electrons. The average molecular weight is 650 g/mol. The van der Waals surface area contributed by atoms with Gasteiger partial charge in [-0.3, -0.25) is 14.5 Å². The summed E-state index contributed by atoms with van der Waals surface area (Å²) >= 11 is 0. The van der Waals surface area contributed by atoms with Crippen LogP contribution in [-0.4, -0.2) is 68.1 Å². The van der Waals surface area contributed by atoms with E-state index >= 15 is 0 Å². The van der Waals surface area contributed by atoms with Gasteiger partial charge in [0.1, 0.15) is 11.9 Å². The predicted molar refractivity (Wildman–Crippen MR) is 187 cm³/mol. The van der Waals surface area contributed by atoms with Crippen LogP contribution in [0.4, 0.5) is 5.69 Å². The maximum atomic E-state index is 13.7. The second-order valence-electron chi connectivity index (χ2n) is 14.0. The summed E-state index contributed by atoms with van der Waals surface area (Å²) in [5, 5.41) is 27.7. The number of benzene rings is 2. The highest BCUT2D eigenvalue weighted by atomic mass is 16.5. The number of hydrogen-bond donors (Lipinski definition) is 3. The number of fused-ring (bicyclic) bond motifs is 1. The quantitative estimate of drug-likeness (QED) is 0.274. The number of rotatable bonds is 7. The number of nitrogens with zero attached hydrogens (tertiary/aromatic N) is 5. The molecular formula is C37H43N7O4. The molecule has 0 spiro atoms. The number of piperidine rings is 1. The minimum absolute atomic E-state index is 0.0653. The first kappa shape index (κ1) is 32.0. The van der Waals surface area contributed by atoms with Crippen LogP contribution >= 0.6 is 0 Å². The van der Waals surface area contributed by atoms with Gasteiger partial charge in [0, 0.05) is 29.8 Å². The van der Waals surface area contributed by atoms with E-state index in [1.165, 1.54) is 14.9 Å². The van der Waals surface area contributed by atoms with Gasteiger partial charge in [0.25, 0.3) is 11.1 Å². The third kappa shape index (κ3) is 6.09. The molecule has 11 nitrogen and oxygen atoms in total. The number of likely N-dealkylation sites (tertiary alicyclic amines) is 1. The van der Waals surface area contributed by atoms with E-state index in [4.69, 9.17) is 4.74 Å². The second-order valence-corrected chi connectivity index (χ2v) is 14.0. The van der Waals surface area contributed by atoms with Crippen LogP contribution < -0.4 is 21.8 Å². The monoisotopic (exact) mass is 649 g/mol. The molecular weight excluding hydrogens is 606 g/mol. The van der Waals surface area contributed by atoms with Gasteiger partial charge in [-0.1, -0.05) is 45.0 Å². The number of aliphatic hydroxyl groups excluding tert-OH is 1. The van der Waals surface area contributed by atoms with Gasteiger partial charge in [0.05, 0.1) is 48.8 Å². The van der Waals surface area contributed by atoms with Gasteiger partial charge in [-0.05, 0) is 78.7 Å². The molecule has 5 heterocycles. The SMILES string of the molecule is Cn1nc(-c2cccc(-n3ncc4cc(C(C)(C)C)ccc4c3=O)c2CO)cc(NC2C=CC(C3CCN(C4COC4)CC3)=CN2)c1=O. The standard InChI is InChI=1S/C37H43N7O4/c1-37(2,3)26-9-10-28-25(16-26)19-39-44(35(28)46)33-7-5-6-29(30(33)20-45)31-17-32(36(47)42(4)41-31)40-34-11-8-24(18-38-34)23-12-14-43(15-13-23)27-21-48-22-27/h5-11,16-19,23,27,34,38,40,45H,12-15,20-22H2,1-4H3. The summed E-state index contributed by atoms with van der Waals surface area (Å²) in [6, 6.07) is 13.5. The Bertz CT molecular complexity index is 2030. The maximum Gasteiger partial charge on any atom is 0.289 e. The topological polar surface area (TPSA) is 127 Å². The van der Waals surface area contributed by atoms with Crippen LogP contribution in [0.15, 0.2) is 82.2 Å². The Hall–Kier alpha value is -4.58. The highest BCUT2D eigenvalue weighted by Crippen LogP contribution is 2.31. The van der Waals surface area contributed by atoms with Crippen molar-refractivity contribution in [3.05, 3.63) is 104 Å². The predicted octanol–water partition coefficient (Wildman–Crippen LogP) is 3.83. The smallest absolute Gasteiger partial charge is 0.289 e. The Labute approximate surface area is 279 Å². The lowest BCUT2D eigenvalue weighted by Gasteiger charge is -2.41. The largest absolute Gasteiger partial charge is 0.392 e. The number of aromatic nitrogens is 4. The van der Waals surface area contributed by atoms with Crippen molar-refractivity contribution in [2.45, 2.75) is 57.8 Å². The van der Waals surface area contributed by atoms with Crippen LogP contribution in [0.25, 0.3) is 27.7 Å². The first-order chi connectivity index (χ1) is 23.1. The number of aryl methyl sites for hydroxylation is 1.